The summed E-state index contributed by atoms with van der Waals surface area (Å²) in [6.45, 7) is 10.2. The molecule has 1 N–H and O–H groups in total. The van der Waals surface area contributed by atoms with E-state index in [1.54, 1.807) is 0 Å². The van der Waals surface area contributed by atoms with Gasteiger partial charge in [0.2, 0.25) is 0 Å². The molecular formula is C25H35N2O+. The molecule has 0 aliphatic carbocycles. The number of aryl methyl sites for hydroxylation is 2. The Morgan fingerprint density at radius 3 is 2.39 bits per heavy atom. The van der Waals surface area contributed by atoms with E-state index in [1.807, 2.05) is 6.07 Å². The van der Waals surface area contributed by atoms with Crippen molar-refractivity contribution in [1.29, 1.82) is 0 Å². The Balaban J connectivity index is 1.70. The largest absolute Gasteiger partial charge is 0.321 e. The van der Waals surface area contributed by atoms with E-state index in [2.05, 4.69) is 68.6 Å². The summed E-state index contributed by atoms with van der Waals surface area (Å²) < 4.78 is 0.927. The smallest absolute Gasteiger partial charge is 0.279 e. The van der Waals surface area contributed by atoms with Crippen molar-refractivity contribution in [2.24, 2.45) is 0 Å². The van der Waals surface area contributed by atoms with Crippen LogP contribution in [0.2, 0.25) is 0 Å². The lowest BCUT2D eigenvalue weighted by atomic mass is 9.92. The lowest BCUT2D eigenvalue weighted by Gasteiger charge is -2.37. The summed E-state index contributed by atoms with van der Waals surface area (Å²) in [5.74, 6) is 0.781. The van der Waals surface area contributed by atoms with Gasteiger partial charge in [-0.3, -0.25) is 4.79 Å². The van der Waals surface area contributed by atoms with Crippen LogP contribution in [0.25, 0.3) is 0 Å². The average molecular weight is 380 g/mol. The number of amides is 1. The highest BCUT2D eigenvalue weighted by Gasteiger charge is 2.33. The normalized spacial score (nSPS) is 22.5. The Bertz CT molecular complexity index is 766. The molecule has 0 radical (unpaired) electrons. The third kappa shape index (κ3) is 5.02. The molecule has 2 atom stereocenters. The Hall–Kier alpha value is -2.13. The first-order chi connectivity index (χ1) is 13.5. The number of hydrogen-bond acceptors (Lipinski definition) is 1. The summed E-state index contributed by atoms with van der Waals surface area (Å²) in [7, 11) is 0. The van der Waals surface area contributed by atoms with Crippen molar-refractivity contribution in [3.8, 4) is 0 Å². The molecule has 3 nitrogen and oxygen atoms in total. The molecule has 3 rings (SSSR count). The number of carbonyl (C=O) groups is 1. The number of anilines is 1. The summed E-state index contributed by atoms with van der Waals surface area (Å²) in [6, 6.07) is 17.1. The molecule has 0 spiro atoms. The van der Waals surface area contributed by atoms with Crippen LogP contribution in [-0.4, -0.2) is 36.6 Å². The van der Waals surface area contributed by atoms with Crippen LogP contribution in [-0.2, 0) is 4.79 Å². The van der Waals surface area contributed by atoms with Crippen molar-refractivity contribution in [3.63, 3.8) is 0 Å². The third-order valence-corrected chi connectivity index (χ3v) is 6.33. The van der Waals surface area contributed by atoms with Crippen LogP contribution < -0.4 is 5.32 Å². The number of benzene rings is 2. The van der Waals surface area contributed by atoms with Gasteiger partial charge in [-0.05, 0) is 55.7 Å². The van der Waals surface area contributed by atoms with Crippen LogP contribution >= 0.6 is 0 Å². The topological polar surface area (TPSA) is 29.1 Å². The molecular weight excluding hydrogens is 344 g/mol. The first-order valence-corrected chi connectivity index (χ1v) is 10.8. The fourth-order valence-corrected chi connectivity index (χ4v) is 4.85. The molecule has 1 fully saturated rings. The second-order valence-corrected chi connectivity index (χ2v) is 8.52. The fourth-order valence-electron chi connectivity index (χ4n) is 4.85. The Morgan fingerprint density at radius 2 is 1.71 bits per heavy atom. The lowest BCUT2D eigenvalue weighted by molar-refractivity contribution is -0.920. The molecule has 2 aromatic carbocycles. The number of hydrogen-bond donors (Lipinski definition) is 1. The van der Waals surface area contributed by atoms with Gasteiger partial charge in [-0.2, -0.15) is 0 Å². The summed E-state index contributed by atoms with van der Waals surface area (Å²) in [4.78, 5) is 13.0. The molecule has 0 bridgehead atoms. The molecule has 150 valence electrons. The number of carbonyl (C=O) groups excluding carboxylic acids is 1. The maximum atomic E-state index is 13.0. The number of nitrogens with zero attached hydrogens (tertiary/aromatic N) is 1. The molecule has 0 aromatic heterocycles. The minimum absolute atomic E-state index is 0.156. The molecule has 1 amide bonds. The number of nitrogens with one attached hydrogen (secondary N) is 1. The third-order valence-electron chi connectivity index (χ3n) is 6.33. The van der Waals surface area contributed by atoms with E-state index in [0.29, 0.717) is 12.5 Å². The Kier molecular flexibility index (Phi) is 6.90. The maximum absolute atomic E-state index is 13.0. The molecule has 2 unspecified atom stereocenters. The van der Waals surface area contributed by atoms with E-state index < -0.39 is 0 Å². The van der Waals surface area contributed by atoms with E-state index in [0.717, 1.165) is 47.4 Å². The first kappa shape index (κ1) is 20.6. The van der Waals surface area contributed by atoms with Crippen LogP contribution in [0.3, 0.4) is 0 Å². The van der Waals surface area contributed by atoms with Crippen LogP contribution in [0.15, 0.2) is 48.5 Å². The molecule has 1 heterocycles. The molecule has 1 aliphatic rings. The van der Waals surface area contributed by atoms with E-state index in [9.17, 15) is 4.79 Å². The molecule has 0 saturated carbocycles. The number of rotatable bonds is 6. The molecule has 28 heavy (non-hydrogen) atoms. The van der Waals surface area contributed by atoms with Crippen molar-refractivity contribution in [1.82, 2.24) is 0 Å². The number of para-hydroxylation sites is 1. The van der Waals surface area contributed by atoms with Gasteiger partial charge in [0.1, 0.15) is 0 Å². The van der Waals surface area contributed by atoms with Crippen LogP contribution in [0.4, 0.5) is 5.69 Å². The zero-order chi connectivity index (χ0) is 20.0. The zero-order valence-corrected chi connectivity index (χ0v) is 17.7. The number of quaternary nitrogens is 1. The molecule has 1 aliphatic heterocycles. The molecule has 2 aromatic rings. The van der Waals surface area contributed by atoms with Crippen LogP contribution in [0.1, 0.15) is 55.2 Å². The monoisotopic (exact) mass is 379 g/mol. The van der Waals surface area contributed by atoms with Gasteiger partial charge in [0.25, 0.3) is 5.91 Å². The fraction of sp³-hybridized carbons (Fsp3) is 0.480. The summed E-state index contributed by atoms with van der Waals surface area (Å²) in [6.07, 6.45) is 4.70. The Morgan fingerprint density at radius 1 is 1.00 bits per heavy atom. The van der Waals surface area contributed by atoms with Crippen LogP contribution in [0, 0.1) is 13.8 Å². The summed E-state index contributed by atoms with van der Waals surface area (Å²) in [5, 5.41) is 3.22. The van der Waals surface area contributed by atoms with Gasteiger partial charge >= 0.3 is 0 Å². The van der Waals surface area contributed by atoms with Gasteiger partial charge in [0.15, 0.2) is 6.54 Å². The summed E-state index contributed by atoms with van der Waals surface area (Å²) >= 11 is 0. The van der Waals surface area contributed by atoms with Gasteiger partial charge < -0.3 is 9.80 Å². The predicted molar refractivity (Wildman–Crippen MR) is 118 cm³/mol. The van der Waals surface area contributed by atoms with Gasteiger partial charge in [-0.25, -0.2) is 0 Å². The van der Waals surface area contributed by atoms with E-state index in [1.165, 1.54) is 24.8 Å². The lowest BCUT2D eigenvalue weighted by Crippen LogP contribution is -2.53. The van der Waals surface area contributed by atoms with Crippen LogP contribution in [0.5, 0.6) is 0 Å². The minimum atomic E-state index is 0.156. The predicted octanol–water partition coefficient (Wildman–Crippen LogP) is 5.44. The number of likely N-dealkylation sites (tertiary alicyclic amines) is 1. The van der Waals surface area contributed by atoms with Gasteiger partial charge in [-0.1, -0.05) is 55.5 Å². The van der Waals surface area contributed by atoms with Crippen molar-refractivity contribution in [2.75, 3.05) is 31.5 Å². The van der Waals surface area contributed by atoms with Crippen molar-refractivity contribution < 1.29 is 9.28 Å². The molecule has 3 heteroatoms. The second kappa shape index (κ2) is 9.38. The first-order valence-electron chi connectivity index (χ1n) is 10.8. The highest BCUT2D eigenvalue weighted by atomic mass is 16.2. The SMILES string of the molecule is CCC[N+]1(CC(=O)Nc2c(C)cccc2C)CCCC(c2ccccc2)CC1. The van der Waals surface area contributed by atoms with Gasteiger partial charge in [0, 0.05) is 12.1 Å². The standard InChI is InChI=1S/C25H34N2O/c1-4-16-27(19-24(28)26-25-20(2)10-8-11-21(25)3)17-9-14-23(15-18-27)22-12-6-5-7-13-22/h5-8,10-13,23H,4,9,14-19H2,1-3H3/p+1. The van der Waals surface area contributed by atoms with Crippen molar-refractivity contribution >= 4 is 11.6 Å². The summed E-state index contributed by atoms with van der Waals surface area (Å²) in [5.41, 5.74) is 4.71. The second-order valence-electron chi connectivity index (χ2n) is 8.52. The van der Waals surface area contributed by atoms with E-state index in [-0.39, 0.29) is 5.91 Å². The van der Waals surface area contributed by atoms with E-state index in [4.69, 9.17) is 0 Å². The van der Waals surface area contributed by atoms with Crippen molar-refractivity contribution in [3.05, 3.63) is 65.2 Å². The van der Waals surface area contributed by atoms with E-state index >= 15 is 0 Å². The highest BCUT2D eigenvalue weighted by molar-refractivity contribution is 5.93. The van der Waals surface area contributed by atoms with Gasteiger partial charge in [-0.15, -0.1) is 0 Å². The molecule has 1 saturated heterocycles. The zero-order valence-electron chi connectivity index (χ0n) is 17.7. The minimum Gasteiger partial charge on any atom is -0.321 e. The van der Waals surface area contributed by atoms with Crippen molar-refractivity contribution in [2.45, 2.75) is 52.4 Å². The maximum Gasteiger partial charge on any atom is 0.279 e. The van der Waals surface area contributed by atoms with Gasteiger partial charge in [0.05, 0.1) is 19.6 Å². The quantitative estimate of drug-likeness (QED) is 0.666. The average Bonchev–Trinajstić information content (AvgIpc) is 2.89. The highest BCUT2D eigenvalue weighted by Crippen LogP contribution is 2.31. The Labute approximate surface area is 170 Å².